The predicted molar refractivity (Wildman–Crippen MR) is 102 cm³/mol. The van der Waals surface area contributed by atoms with Gasteiger partial charge >= 0.3 is 0 Å². The lowest BCUT2D eigenvalue weighted by Gasteiger charge is -2.32. The van der Waals surface area contributed by atoms with Crippen molar-refractivity contribution in [3.05, 3.63) is 71.6 Å². The van der Waals surface area contributed by atoms with Crippen molar-refractivity contribution < 1.29 is 0 Å². The molecule has 3 heterocycles. The Morgan fingerprint density at radius 3 is 2.85 bits per heavy atom. The molecule has 1 aromatic carbocycles. The molecule has 5 heteroatoms. The van der Waals surface area contributed by atoms with Crippen LogP contribution in [0.2, 0.25) is 0 Å². The molecule has 1 aliphatic heterocycles. The van der Waals surface area contributed by atoms with Crippen molar-refractivity contribution in [1.82, 2.24) is 24.6 Å². The molecule has 0 radical (unpaired) electrons. The third-order valence-corrected chi connectivity index (χ3v) is 5.10. The summed E-state index contributed by atoms with van der Waals surface area (Å²) in [7, 11) is 0. The van der Waals surface area contributed by atoms with Gasteiger partial charge in [-0.2, -0.15) is 5.10 Å². The topological polar surface area (TPSA) is 46.8 Å². The summed E-state index contributed by atoms with van der Waals surface area (Å²) in [5.74, 6) is 0.506. The van der Waals surface area contributed by atoms with Gasteiger partial charge in [0.25, 0.3) is 0 Å². The Labute approximate surface area is 154 Å². The number of benzene rings is 1. The van der Waals surface area contributed by atoms with E-state index in [0.717, 1.165) is 31.0 Å². The molecule has 0 amide bonds. The summed E-state index contributed by atoms with van der Waals surface area (Å²) in [5, 5.41) is 4.61. The Morgan fingerprint density at radius 1 is 1.15 bits per heavy atom. The first-order valence-electron chi connectivity index (χ1n) is 9.30. The second-order valence-electron chi connectivity index (χ2n) is 7.22. The van der Waals surface area contributed by atoms with Crippen LogP contribution in [0.5, 0.6) is 0 Å². The Hall–Kier alpha value is -2.53. The summed E-state index contributed by atoms with van der Waals surface area (Å²) in [6, 6.07) is 12.9. The van der Waals surface area contributed by atoms with Crippen LogP contribution in [0.4, 0.5) is 0 Å². The van der Waals surface area contributed by atoms with E-state index in [9.17, 15) is 0 Å². The second-order valence-corrected chi connectivity index (χ2v) is 7.22. The molecule has 0 unspecified atom stereocenters. The quantitative estimate of drug-likeness (QED) is 0.723. The predicted octanol–water partition coefficient (Wildman–Crippen LogP) is 3.66. The highest BCUT2D eigenvalue weighted by molar-refractivity contribution is 5.37. The smallest absolute Gasteiger partial charge is 0.115 e. The molecular formula is C21H25N5. The van der Waals surface area contributed by atoms with Crippen LogP contribution in [0.15, 0.2) is 48.9 Å². The van der Waals surface area contributed by atoms with E-state index in [1.54, 1.807) is 6.33 Å². The lowest BCUT2D eigenvalue weighted by Crippen LogP contribution is -2.34. The molecule has 0 N–H and O–H groups in total. The Kier molecular flexibility index (Phi) is 4.80. The molecule has 26 heavy (non-hydrogen) atoms. The maximum Gasteiger partial charge on any atom is 0.115 e. The van der Waals surface area contributed by atoms with Crippen LogP contribution >= 0.6 is 0 Å². The van der Waals surface area contributed by atoms with Crippen molar-refractivity contribution in [1.29, 1.82) is 0 Å². The molecule has 134 valence electrons. The minimum Gasteiger partial charge on any atom is -0.298 e. The van der Waals surface area contributed by atoms with Crippen molar-refractivity contribution in [3.8, 4) is 5.69 Å². The lowest BCUT2D eigenvalue weighted by molar-refractivity contribution is 0.198. The molecule has 0 saturated carbocycles. The van der Waals surface area contributed by atoms with Crippen molar-refractivity contribution in [3.63, 3.8) is 0 Å². The monoisotopic (exact) mass is 347 g/mol. The highest BCUT2D eigenvalue weighted by Crippen LogP contribution is 2.26. The van der Waals surface area contributed by atoms with Gasteiger partial charge in [-0.3, -0.25) is 4.90 Å². The molecule has 0 aliphatic carbocycles. The van der Waals surface area contributed by atoms with E-state index in [-0.39, 0.29) is 0 Å². The summed E-state index contributed by atoms with van der Waals surface area (Å²) in [5.41, 5.74) is 5.86. The zero-order valence-electron chi connectivity index (χ0n) is 15.5. The van der Waals surface area contributed by atoms with Crippen LogP contribution in [-0.4, -0.2) is 37.7 Å². The number of aromatic nitrogens is 4. The number of rotatable bonds is 4. The summed E-state index contributed by atoms with van der Waals surface area (Å²) >= 11 is 0. The van der Waals surface area contributed by atoms with Gasteiger partial charge in [0.2, 0.25) is 0 Å². The van der Waals surface area contributed by atoms with Gasteiger partial charge < -0.3 is 0 Å². The van der Waals surface area contributed by atoms with Gasteiger partial charge in [0.1, 0.15) is 6.33 Å². The van der Waals surface area contributed by atoms with E-state index in [0.29, 0.717) is 5.92 Å². The van der Waals surface area contributed by atoms with Gasteiger partial charge in [0, 0.05) is 36.6 Å². The highest BCUT2D eigenvalue weighted by Gasteiger charge is 2.22. The fourth-order valence-electron chi connectivity index (χ4n) is 3.92. The van der Waals surface area contributed by atoms with Crippen molar-refractivity contribution in [2.24, 2.45) is 0 Å². The average molecular weight is 347 g/mol. The fraction of sp³-hybridized carbons (Fsp3) is 0.381. The van der Waals surface area contributed by atoms with E-state index in [1.807, 2.05) is 17.8 Å². The first kappa shape index (κ1) is 16.9. The highest BCUT2D eigenvalue weighted by atomic mass is 15.3. The van der Waals surface area contributed by atoms with Crippen LogP contribution in [0.1, 0.15) is 41.4 Å². The molecule has 2 aromatic heterocycles. The minimum absolute atomic E-state index is 0.506. The summed E-state index contributed by atoms with van der Waals surface area (Å²) < 4.78 is 2.03. The number of nitrogens with zero attached hydrogens (tertiary/aromatic N) is 5. The Balaban J connectivity index is 1.49. The fourth-order valence-corrected chi connectivity index (χ4v) is 3.92. The first-order valence-corrected chi connectivity index (χ1v) is 9.30. The van der Waals surface area contributed by atoms with Gasteiger partial charge in [0.15, 0.2) is 0 Å². The standard InChI is InChI=1S/C21H25N5/c1-16-11-17(2)26(24-16)20-7-3-5-18(12-20)13-25-10-4-6-19(14-25)21-8-9-22-15-23-21/h3,5,7-9,11-12,15,19H,4,6,10,13-14H2,1-2H3/t19-/m1/s1. The van der Waals surface area contributed by atoms with Crippen LogP contribution in [-0.2, 0) is 6.54 Å². The molecule has 4 rings (SSSR count). The third-order valence-electron chi connectivity index (χ3n) is 5.10. The zero-order chi connectivity index (χ0) is 17.9. The van der Waals surface area contributed by atoms with Gasteiger partial charge in [-0.05, 0) is 63.1 Å². The Bertz CT molecular complexity index is 871. The van der Waals surface area contributed by atoms with E-state index in [2.05, 4.69) is 63.3 Å². The van der Waals surface area contributed by atoms with Crippen LogP contribution in [0.25, 0.3) is 5.69 Å². The van der Waals surface area contributed by atoms with Gasteiger partial charge in [-0.25, -0.2) is 14.6 Å². The number of hydrogen-bond acceptors (Lipinski definition) is 4. The lowest BCUT2D eigenvalue weighted by atomic mass is 9.94. The molecule has 3 aromatic rings. The van der Waals surface area contributed by atoms with E-state index < -0.39 is 0 Å². The van der Waals surface area contributed by atoms with Crippen molar-refractivity contribution in [2.45, 2.75) is 39.2 Å². The number of piperidine rings is 1. The van der Waals surface area contributed by atoms with Gasteiger partial charge in [-0.1, -0.05) is 12.1 Å². The molecule has 1 aliphatic rings. The molecule has 1 atom stereocenters. The number of likely N-dealkylation sites (tertiary alicyclic amines) is 1. The average Bonchev–Trinajstić information content (AvgIpc) is 3.01. The molecule has 0 spiro atoms. The normalized spacial score (nSPS) is 18.2. The van der Waals surface area contributed by atoms with Crippen LogP contribution in [0.3, 0.4) is 0 Å². The van der Waals surface area contributed by atoms with Gasteiger partial charge in [0.05, 0.1) is 11.4 Å². The molecular weight excluding hydrogens is 322 g/mol. The zero-order valence-corrected chi connectivity index (χ0v) is 15.5. The number of aryl methyl sites for hydroxylation is 2. The maximum absolute atomic E-state index is 4.61. The summed E-state index contributed by atoms with van der Waals surface area (Å²) in [6.07, 6.45) is 5.93. The van der Waals surface area contributed by atoms with Gasteiger partial charge in [-0.15, -0.1) is 0 Å². The minimum atomic E-state index is 0.506. The van der Waals surface area contributed by atoms with E-state index in [1.165, 1.54) is 29.8 Å². The largest absolute Gasteiger partial charge is 0.298 e. The summed E-state index contributed by atoms with van der Waals surface area (Å²) in [6.45, 7) is 7.31. The molecule has 0 bridgehead atoms. The van der Waals surface area contributed by atoms with Crippen LogP contribution in [0, 0.1) is 13.8 Å². The third kappa shape index (κ3) is 3.68. The number of hydrogen-bond donors (Lipinski definition) is 0. The van der Waals surface area contributed by atoms with E-state index >= 15 is 0 Å². The Morgan fingerprint density at radius 2 is 2.08 bits per heavy atom. The molecule has 1 saturated heterocycles. The van der Waals surface area contributed by atoms with Crippen molar-refractivity contribution in [2.75, 3.05) is 13.1 Å². The maximum atomic E-state index is 4.61. The summed E-state index contributed by atoms with van der Waals surface area (Å²) in [4.78, 5) is 11.0. The first-order chi connectivity index (χ1) is 12.7. The molecule has 1 fully saturated rings. The SMILES string of the molecule is Cc1cc(C)n(-c2cccc(CN3CCC[C@@H](c4ccncn4)C3)c2)n1. The van der Waals surface area contributed by atoms with Crippen molar-refractivity contribution >= 4 is 0 Å². The van der Waals surface area contributed by atoms with Crippen LogP contribution < -0.4 is 0 Å². The second kappa shape index (κ2) is 7.38. The van der Waals surface area contributed by atoms with E-state index in [4.69, 9.17) is 0 Å². The molecule has 5 nitrogen and oxygen atoms in total.